The van der Waals surface area contributed by atoms with Crippen LogP contribution in [0.15, 0.2) is 18.2 Å². The first-order chi connectivity index (χ1) is 13.5. The molecular weight excluding hydrogens is 401 g/mol. The molecule has 28 heavy (non-hydrogen) atoms. The second-order valence-electron chi connectivity index (χ2n) is 7.30. The highest BCUT2D eigenvalue weighted by atomic mass is 35.5. The lowest BCUT2D eigenvalue weighted by atomic mass is 9.94. The molecule has 6 nitrogen and oxygen atoms in total. The number of halogens is 2. The van der Waals surface area contributed by atoms with Gasteiger partial charge in [0.2, 0.25) is 5.91 Å². The Kier molecular flexibility index (Phi) is 7.43. The lowest BCUT2D eigenvalue weighted by molar-refractivity contribution is -0.138. The summed E-state index contributed by atoms with van der Waals surface area (Å²) in [5.74, 6) is 0.277. The number of benzene rings is 1. The molecule has 0 spiro atoms. The first-order valence-electron chi connectivity index (χ1n) is 9.84. The third-order valence-electron chi connectivity index (χ3n) is 5.46. The Morgan fingerprint density at radius 1 is 1.04 bits per heavy atom. The summed E-state index contributed by atoms with van der Waals surface area (Å²) in [4.78, 5) is 30.5. The lowest BCUT2D eigenvalue weighted by Gasteiger charge is -2.38. The summed E-state index contributed by atoms with van der Waals surface area (Å²) >= 11 is 12.2. The highest BCUT2D eigenvalue weighted by molar-refractivity contribution is 6.35. The number of likely N-dealkylation sites (tertiary alicyclic amines) is 1. The van der Waals surface area contributed by atoms with Crippen molar-refractivity contribution in [3.05, 3.63) is 33.8 Å². The third-order valence-corrected chi connectivity index (χ3v) is 6.05. The van der Waals surface area contributed by atoms with E-state index >= 15 is 0 Å². The number of hydrogen-bond acceptors (Lipinski definition) is 4. The molecule has 2 saturated heterocycles. The summed E-state index contributed by atoms with van der Waals surface area (Å²) in [5.41, 5.74) is 1.06. The highest BCUT2D eigenvalue weighted by Gasteiger charge is 2.31. The Morgan fingerprint density at radius 2 is 1.68 bits per heavy atom. The van der Waals surface area contributed by atoms with E-state index in [0.29, 0.717) is 42.8 Å². The van der Waals surface area contributed by atoms with Crippen LogP contribution in [-0.4, -0.2) is 72.6 Å². The van der Waals surface area contributed by atoms with Crippen LogP contribution in [0.5, 0.6) is 0 Å². The van der Waals surface area contributed by atoms with Crippen molar-refractivity contribution in [1.82, 2.24) is 14.7 Å². The van der Waals surface area contributed by atoms with Gasteiger partial charge in [-0.15, -0.1) is 0 Å². The Morgan fingerprint density at radius 3 is 2.29 bits per heavy atom. The maximum atomic E-state index is 12.8. The topological polar surface area (TPSA) is 53.1 Å². The van der Waals surface area contributed by atoms with Gasteiger partial charge in [-0.3, -0.25) is 9.69 Å². The summed E-state index contributed by atoms with van der Waals surface area (Å²) < 4.78 is 5.03. The van der Waals surface area contributed by atoms with Crippen molar-refractivity contribution in [2.24, 2.45) is 5.92 Å². The number of hydrogen-bond donors (Lipinski definition) is 0. The largest absolute Gasteiger partial charge is 0.450 e. The Bertz CT molecular complexity index is 700. The van der Waals surface area contributed by atoms with Crippen molar-refractivity contribution in [1.29, 1.82) is 0 Å². The molecule has 2 aliphatic rings. The molecule has 2 heterocycles. The number of ether oxygens (including phenoxy) is 1. The standard InChI is InChI=1S/C20H27Cl2N3O3/c1-2-28-20(27)25-11-9-24(10-12-25)19(26)15-5-7-23(8-6-15)14-16-3-4-17(21)13-18(16)22/h3-4,13,15H,2,5-12,14H2,1H3. The predicted molar refractivity (Wildman–Crippen MR) is 110 cm³/mol. The number of amides is 2. The van der Waals surface area contributed by atoms with E-state index in [1.807, 2.05) is 17.0 Å². The van der Waals surface area contributed by atoms with E-state index in [9.17, 15) is 9.59 Å². The van der Waals surface area contributed by atoms with Crippen molar-refractivity contribution < 1.29 is 14.3 Å². The Labute approximate surface area is 176 Å². The minimum Gasteiger partial charge on any atom is -0.450 e. The van der Waals surface area contributed by atoms with E-state index in [-0.39, 0.29) is 17.9 Å². The van der Waals surface area contributed by atoms with Crippen molar-refractivity contribution in [3.63, 3.8) is 0 Å². The average molecular weight is 428 g/mol. The second kappa shape index (κ2) is 9.81. The van der Waals surface area contributed by atoms with Crippen LogP contribution in [0, 0.1) is 5.92 Å². The summed E-state index contributed by atoms with van der Waals surface area (Å²) in [6.07, 6.45) is 1.41. The lowest BCUT2D eigenvalue weighted by Crippen LogP contribution is -2.53. The van der Waals surface area contributed by atoms with Gasteiger partial charge < -0.3 is 14.5 Å². The zero-order chi connectivity index (χ0) is 20.1. The zero-order valence-electron chi connectivity index (χ0n) is 16.2. The van der Waals surface area contributed by atoms with Crippen molar-refractivity contribution in [3.8, 4) is 0 Å². The molecule has 0 bridgehead atoms. The van der Waals surface area contributed by atoms with Crippen LogP contribution in [-0.2, 0) is 16.1 Å². The zero-order valence-corrected chi connectivity index (χ0v) is 17.7. The van der Waals surface area contributed by atoms with E-state index in [4.69, 9.17) is 27.9 Å². The van der Waals surface area contributed by atoms with E-state index in [2.05, 4.69) is 4.90 Å². The molecule has 154 valence electrons. The monoisotopic (exact) mass is 427 g/mol. The molecule has 2 aliphatic heterocycles. The summed E-state index contributed by atoms with van der Waals surface area (Å²) in [7, 11) is 0. The molecule has 2 fully saturated rings. The number of piperidine rings is 1. The highest BCUT2D eigenvalue weighted by Crippen LogP contribution is 2.26. The van der Waals surface area contributed by atoms with Gasteiger partial charge in [0.05, 0.1) is 6.61 Å². The summed E-state index contributed by atoms with van der Waals surface area (Å²) in [5, 5.41) is 1.33. The van der Waals surface area contributed by atoms with Crippen LogP contribution in [0.2, 0.25) is 10.0 Å². The smallest absolute Gasteiger partial charge is 0.409 e. The van der Waals surface area contributed by atoms with Crippen LogP contribution in [0.1, 0.15) is 25.3 Å². The van der Waals surface area contributed by atoms with E-state index in [0.717, 1.165) is 38.0 Å². The Hall–Kier alpha value is -1.50. The normalized spacial score (nSPS) is 19.0. The van der Waals surface area contributed by atoms with Crippen molar-refractivity contribution in [2.75, 3.05) is 45.9 Å². The summed E-state index contributed by atoms with van der Waals surface area (Å²) in [6.45, 7) is 6.93. The van der Waals surface area contributed by atoms with E-state index in [1.54, 1.807) is 17.9 Å². The van der Waals surface area contributed by atoms with Gasteiger partial charge in [-0.25, -0.2) is 4.79 Å². The van der Waals surface area contributed by atoms with Gasteiger partial charge >= 0.3 is 6.09 Å². The SMILES string of the molecule is CCOC(=O)N1CCN(C(=O)C2CCN(Cc3ccc(Cl)cc3Cl)CC2)CC1. The molecule has 0 aromatic heterocycles. The predicted octanol–water partition coefficient (Wildman–Crippen LogP) is 3.51. The molecule has 0 N–H and O–H groups in total. The minimum atomic E-state index is -0.288. The Balaban J connectivity index is 1.44. The quantitative estimate of drug-likeness (QED) is 0.737. The number of carbonyl (C=O) groups excluding carboxylic acids is 2. The number of piperazine rings is 1. The second-order valence-corrected chi connectivity index (χ2v) is 8.14. The first-order valence-corrected chi connectivity index (χ1v) is 10.6. The van der Waals surface area contributed by atoms with Crippen LogP contribution >= 0.6 is 23.2 Å². The third kappa shape index (κ3) is 5.31. The van der Waals surface area contributed by atoms with Crippen LogP contribution < -0.4 is 0 Å². The van der Waals surface area contributed by atoms with Gasteiger partial charge in [-0.1, -0.05) is 29.3 Å². The van der Waals surface area contributed by atoms with Crippen LogP contribution in [0.25, 0.3) is 0 Å². The molecule has 0 atom stereocenters. The molecule has 2 amide bonds. The van der Waals surface area contributed by atoms with E-state index < -0.39 is 0 Å². The van der Waals surface area contributed by atoms with Crippen molar-refractivity contribution in [2.45, 2.75) is 26.3 Å². The average Bonchev–Trinajstić information content (AvgIpc) is 2.70. The molecule has 1 aromatic carbocycles. The first kappa shape index (κ1) is 21.2. The number of carbonyl (C=O) groups is 2. The van der Waals surface area contributed by atoms with Crippen molar-refractivity contribution >= 4 is 35.2 Å². The van der Waals surface area contributed by atoms with Gasteiger partial charge in [0, 0.05) is 48.7 Å². The van der Waals surface area contributed by atoms with Gasteiger partial charge in [0.15, 0.2) is 0 Å². The fourth-order valence-corrected chi connectivity index (χ4v) is 4.28. The molecule has 1 aromatic rings. The molecular formula is C20H27Cl2N3O3. The molecule has 0 saturated carbocycles. The number of nitrogens with zero attached hydrogens (tertiary/aromatic N) is 3. The molecule has 3 rings (SSSR count). The minimum absolute atomic E-state index is 0.0612. The molecule has 0 radical (unpaired) electrons. The van der Waals surface area contributed by atoms with Gasteiger partial charge in [0.1, 0.15) is 0 Å². The maximum absolute atomic E-state index is 12.8. The fraction of sp³-hybridized carbons (Fsp3) is 0.600. The maximum Gasteiger partial charge on any atom is 0.409 e. The summed E-state index contributed by atoms with van der Waals surface area (Å²) in [6, 6.07) is 5.59. The van der Waals surface area contributed by atoms with E-state index in [1.165, 1.54) is 0 Å². The molecule has 0 unspecified atom stereocenters. The van der Waals surface area contributed by atoms with Gasteiger partial charge in [-0.2, -0.15) is 0 Å². The van der Waals surface area contributed by atoms with Gasteiger partial charge in [0.25, 0.3) is 0 Å². The fourth-order valence-electron chi connectivity index (χ4n) is 3.81. The molecule has 8 heteroatoms. The van der Waals surface area contributed by atoms with Gasteiger partial charge in [-0.05, 0) is 50.6 Å². The molecule has 0 aliphatic carbocycles. The van der Waals surface area contributed by atoms with Crippen LogP contribution in [0.4, 0.5) is 4.79 Å². The van der Waals surface area contributed by atoms with Crippen LogP contribution in [0.3, 0.4) is 0 Å². The number of rotatable bonds is 4.